The van der Waals surface area contributed by atoms with Crippen LogP contribution in [0.5, 0.6) is 0 Å². The molecule has 0 aliphatic carbocycles. The molecule has 3 aromatic carbocycles. The van der Waals surface area contributed by atoms with Crippen LogP contribution in [-0.2, 0) is 17.5 Å². The minimum atomic E-state index is -4.57. The van der Waals surface area contributed by atoms with E-state index in [1.165, 1.54) is 25.1 Å². The van der Waals surface area contributed by atoms with Crippen LogP contribution in [0.2, 0.25) is 0 Å². The van der Waals surface area contributed by atoms with Crippen molar-refractivity contribution < 1.29 is 32.7 Å². The molecule has 1 atom stereocenters. The summed E-state index contributed by atoms with van der Waals surface area (Å²) < 4.78 is 46.4. The standard InChI is InChI=1S/C28H25F3N2O4/c1-17-19(4-3-5-23(17)20-8-10-22-15-33-37-25(22)13-20)7-9-21-12-18(6-11-24(21)28(29,30)31)14-32-27(2,16-34)26(35)36/h3-13,15,32,34H,14,16H2,1-2H3,(H,35,36)/b9-7+/t27-/m0/s1. The Kier molecular flexibility index (Phi) is 7.20. The van der Waals surface area contributed by atoms with E-state index in [0.717, 1.165) is 33.7 Å². The van der Waals surface area contributed by atoms with Gasteiger partial charge < -0.3 is 14.7 Å². The zero-order valence-electron chi connectivity index (χ0n) is 20.1. The van der Waals surface area contributed by atoms with Gasteiger partial charge in [-0.15, -0.1) is 0 Å². The van der Waals surface area contributed by atoms with E-state index in [4.69, 9.17) is 4.52 Å². The first-order chi connectivity index (χ1) is 17.5. The molecule has 0 aliphatic rings. The Morgan fingerprint density at radius 3 is 2.54 bits per heavy atom. The summed E-state index contributed by atoms with van der Waals surface area (Å²) in [5, 5.41) is 26.1. The van der Waals surface area contributed by atoms with Gasteiger partial charge in [-0.25, -0.2) is 0 Å². The Bertz CT molecular complexity index is 1480. The topological polar surface area (TPSA) is 95.6 Å². The summed E-state index contributed by atoms with van der Waals surface area (Å²) in [5.74, 6) is -1.26. The molecule has 4 aromatic rings. The number of hydrogen-bond donors (Lipinski definition) is 3. The highest BCUT2D eigenvalue weighted by Gasteiger charge is 2.34. The number of nitrogens with zero attached hydrogens (tertiary/aromatic N) is 1. The maximum absolute atomic E-state index is 13.7. The lowest BCUT2D eigenvalue weighted by Gasteiger charge is -2.24. The second-order valence-electron chi connectivity index (χ2n) is 9.00. The molecule has 9 heteroatoms. The van der Waals surface area contributed by atoms with Crippen molar-refractivity contribution in [1.82, 2.24) is 10.5 Å². The zero-order valence-corrected chi connectivity index (χ0v) is 20.1. The van der Waals surface area contributed by atoms with Crippen molar-refractivity contribution in [2.45, 2.75) is 32.1 Å². The van der Waals surface area contributed by atoms with E-state index >= 15 is 0 Å². The Morgan fingerprint density at radius 2 is 1.84 bits per heavy atom. The number of carboxylic acids is 1. The van der Waals surface area contributed by atoms with Crippen molar-refractivity contribution in [3.63, 3.8) is 0 Å². The number of halogens is 3. The van der Waals surface area contributed by atoms with Crippen LogP contribution in [0.4, 0.5) is 13.2 Å². The molecule has 0 radical (unpaired) electrons. The minimum absolute atomic E-state index is 0.0407. The van der Waals surface area contributed by atoms with Crippen molar-refractivity contribution in [2.75, 3.05) is 6.61 Å². The van der Waals surface area contributed by atoms with Crippen molar-refractivity contribution in [3.05, 3.63) is 88.6 Å². The Labute approximate surface area is 211 Å². The van der Waals surface area contributed by atoms with Gasteiger partial charge in [-0.3, -0.25) is 10.1 Å². The Hall–Kier alpha value is -3.95. The molecule has 0 saturated heterocycles. The van der Waals surface area contributed by atoms with E-state index < -0.39 is 29.9 Å². The van der Waals surface area contributed by atoms with Gasteiger partial charge in [0.05, 0.1) is 18.4 Å². The number of alkyl halides is 3. The van der Waals surface area contributed by atoms with E-state index in [0.29, 0.717) is 11.1 Å². The van der Waals surface area contributed by atoms with Gasteiger partial charge in [0, 0.05) is 11.9 Å². The van der Waals surface area contributed by atoms with Crippen LogP contribution in [0.15, 0.2) is 65.3 Å². The predicted molar refractivity (Wildman–Crippen MR) is 135 cm³/mol. The van der Waals surface area contributed by atoms with Gasteiger partial charge in [0.1, 0.15) is 5.54 Å². The molecular formula is C28H25F3N2O4. The zero-order chi connectivity index (χ0) is 26.8. The molecule has 0 spiro atoms. The number of aromatic nitrogens is 1. The fourth-order valence-corrected chi connectivity index (χ4v) is 3.97. The molecule has 4 rings (SSSR count). The second kappa shape index (κ2) is 10.2. The Morgan fingerprint density at radius 1 is 1.08 bits per heavy atom. The molecule has 0 fully saturated rings. The minimum Gasteiger partial charge on any atom is -0.480 e. The summed E-state index contributed by atoms with van der Waals surface area (Å²) in [6, 6.07) is 14.9. The maximum atomic E-state index is 13.7. The van der Waals surface area contributed by atoms with Crippen LogP contribution >= 0.6 is 0 Å². The highest BCUT2D eigenvalue weighted by molar-refractivity contribution is 5.85. The van der Waals surface area contributed by atoms with E-state index in [2.05, 4.69) is 10.5 Å². The van der Waals surface area contributed by atoms with Crippen molar-refractivity contribution in [3.8, 4) is 11.1 Å². The van der Waals surface area contributed by atoms with Crippen molar-refractivity contribution in [2.24, 2.45) is 0 Å². The predicted octanol–water partition coefficient (Wildman–Crippen LogP) is 5.92. The number of rotatable bonds is 8. The number of nitrogens with one attached hydrogen (secondary N) is 1. The first kappa shape index (κ1) is 26.1. The monoisotopic (exact) mass is 510 g/mol. The van der Waals surface area contributed by atoms with Crippen LogP contribution in [0.3, 0.4) is 0 Å². The van der Waals surface area contributed by atoms with Gasteiger partial charge in [0.25, 0.3) is 0 Å². The SMILES string of the molecule is Cc1c(/C=C/c2cc(CN[C@@](C)(CO)C(=O)O)ccc2C(F)(F)F)cccc1-c1ccc2cnoc2c1. The summed E-state index contributed by atoms with van der Waals surface area (Å²) in [5.41, 5.74) is 2.02. The normalized spacial score (nSPS) is 13.8. The van der Waals surface area contributed by atoms with Gasteiger partial charge in [-0.1, -0.05) is 47.6 Å². The van der Waals surface area contributed by atoms with Crippen molar-refractivity contribution >= 4 is 29.1 Å². The molecule has 1 heterocycles. The first-order valence-corrected chi connectivity index (χ1v) is 11.4. The molecule has 1 aromatic heterocycles. The number of aliphatic carboxylic acids is 1. The third-order valence-electron chi connectivity index (χ3n) is 6.38. The highest BCUT2D eigenvalue weighted by Crippen LogP contribution is 2.34. The van der Waals surface area contributed by atoms with E-state index in [-0.39, 0.29) is 12.1 Å². The summed E-state index contributed by atoms with van der Waals surface area (Å²) in [6.07, 6.45) is 0.0812. The fraction of sp³-hybridized carbons (Fsp3) is 0.214. The molecular weight excluding hydrogens is 485 g/mol. The van der Waals surface area contributed by atoms with Crippen molar-refractivity contribution in [1.29, 1.82) is 0 Å². The van der Waals surface area contributed by atoms with Gasteiger partial charge in [-0.2, -0.15) is 13.2 Å². The number of fused-ring (bicyclic) bond motifs is 1. The smallest absolute Gasteiger partial charge is 0.416 e. The van der Waals surface area contributed by atoms with Crippen LogP contribution in [-0.4, -0.2) is 33.5 Å². The van der Waals surface area contributed by atoms with Crippen LogP contribution in [0.25, 0.3) is 34.2 Å². The largest absolute Gasteiger partial charge is 0.480 e. The fourth-order valence-electron chi connectivity index (χ4n) is 3.97. The third kappa shape index (κ3) is 5.58. The van der Waals surface area contributed by atoms with Crippen LogP contribution < -0.4 is 5.32 Å². The molecule has 6 nitrogen and oxygen atoms in total. The van der Waals surface area contributed by atoms with Gasteiger partial charge in [0.2, 0.25) is 0 Å². The molecule has 0 unspecified atom stereocenters. The van der Waals surface area contributed by atoms with Crippen LogP contribution in [0.1, 0.15) is 34.7 Å². The van der Waals surface area contributed by atoms with Gasteiger partial charge in [0.15, 0.2) is 5.58 Å². The highest BCUT2D eigenvalue weighted by atomic mass is 19.4. The Balaban J connectivity index is 1.67. The average molecular weight is 511 g/mol. The number of aliphatic hydroxyl groups excluding tert-OH is 1. The van der Waals surface area contributed by atoms with Gasteiger partial charge in [-0.05, 0) is 71.5 Å². The lowest BCUT2D eigenvalue weighted by atomic mass is 9.95. The van der Waals surface area contributed by atoms with E-state index in [9.17, 15) is 28.2 Å². The molecule has 0 aliphatic heterocycles. The van der Waals surface area contributed by atoms with Crippen LogP contribution in [0, 0.1) is 6.92 Å². The summed E-state index contributed by atoms with van der Waals surface area (Å²) in [4.78, 5) is 11.4. The molecule has 192 valence electrons. The average Bonchev–Trinajstić information content (AvgIpc) is 3.34. The lowest BCUT2D eigenvalue weighted by Crippen LogP contribution is -2.52. The van der Waals surface area contributed by atoms with E-state index in [1.54, 1.807) is 12.3 Å². The summed E-state index contributed by atoms with van der Waals surface area (Å²) in [7, 11) is 0. The molecule has 3 N–H and O–H groups in total. The first-order valence-electron chi connectivity index (χ1n) is 11.4. The van der Waals surface area contributed by atoms with Gasteiger partial charge >= 0.3 is 12.1 Å². The number of hydrogen-bond acceptors (Lipinski definition) is 5. The second-order valence-corrected chi connectivity index (χ2v) is 9.00. The molecule has 37 heavy (non-hydrogen) atoms. The summed E-state index contributed by atoms with van der Waals surface area (Å²) in [6.45, 7) is 2.48. The summed E-state index contributed by atoms with van der Waals surface area (Å²) >= 11 is 0. The molecule has 0 bridgehead atoms. The lowest BCUT2D eigenvalue weighted by molar-refractivity contribution is -0.146. The number of aliphatic hydroxyl groups is 1. The molecule has 0 amide bonds. The van der Waals surface area contributed by atoms with E-state index in [1.807, 2.05) is 43.3 Å². The molecule has 0 saturated carbocycles. The number of carboxylic acid groups (broad SMARTS) is 1. The maximum Gasteiger partial charge on any atom is 0.416 e. The number of carbonyl (C=O) groups is 1. The number of benzene rings is 3. The third-order valence-corrected chi connectivity index (χ3v) is 6.38. The quantitative estimate of drug-likeness (QED) is 0.255.